The third-order valence-electron chi connectivity index (χ3n) is 3.80. The summed E-state index contributed by atoms with van der Waals surface area (Å²) in [6.07, 6.45) is 5.97. The first-order valence-corrected chi connectivity index (χ1v) is 8.18. The summed E-state index contributed by atoms with van der Waals surface area (Å²) in [6, 6.07) is 4.85. The summed E-state index contributed by atoms with van der Waals surface area (Å²) >= 11 is 0. The molecule has 1 aromatic heterocycles. The highest BCUT2D eigenvalue weighted by Crippen LogP contribution is 2.33. The lowest BCUT2D eigenvalue weighted by molar-refractivity contribution is 0.317. The Morgan fingerprint density at radius 2 is 2.00 bits per heavy atom. The number of aromatic hydroxyl groups is 1. The van der Waals surface area contributed by atoms with Crippen LogP contribution in [0, 0.1) is 0 Å². The summed E-state index contributed by atoms with van der Waals surface area (Å²) in [4.78, 5) is 12.1. The molecular weight excluding hydrogens is 320 g/mol. The molecule has 1 aromatic carbocycles. The highest BCUT2D eigenvalue weighted by atomic mass is 16.5. The van der Waals surface area contributed by atoms with Crippen LogP contribution < -0.4 is 15.1 Å². The van der Waals surface area contributed by atoms with Gasteiger partial charge in [-0.2, -0.15) is 0 Å². The molecule has 25 heavy (non-hydrogen) atoms. The minimum atomic E-state index is -0.714. The number of rotatable bonds is 7. The van der Waals surface area contributed by atoms with Gasteiger partial charge in [-0.25, -0.2) is 4.79 Å². The zero-order chi connectivity index (χ0) is 18.4. The van der Waals surface area contributed by atoms with Crippen molar-refractivity contribution in [2.24, 2.45) is 0 Å². The van der Waals surface area contributed by atoms with Crippen LogP contribution in [0.3, 0.4) is 0 Å². The SMILES string of the molecule is COc1ccc2c(O)c(OCC=C(C)CCC=C(C)C)c(=O)oc2c1. The van der Waals surface area contributed by atoms with E-state index in [9.17, 15) is 9.90 Å². The molecular formula is C20H24O5. The number of ether oxygens (including phenoxy) is 2. The van der Waals surface area contributed by atoms with Crippen molar-refractivity contribution in [1.82, 2.24) is 0 Å². The van der Waals surface area contributed by atoms with Crippen molar-refractivity contribution in [3.63, 3.8) is 0 Å². The van der Waals surface area contributed by atoms with Crippen LogP contribution in [0.1, 0.15) is 33.6 Å². The van der Waals surface area contributed by atoms with Crippen LogP contribution in [0.5, 0.6) is 17.2 Å². The van der Waals surface area contributed by atoms with Crippen LogP contribution in [-0.4, -0.2) is 18.8 Å². The van der Waals surface area contributed by atoms with Crippen molar-refractivity contribution in [1.29, 1.82) is 0 Å². The lowest BCUT2D eigenvalue weighted by atomic mass is 10.1. The van der Waals surface area contributed by atoms with E-state index in [1.54, 1.807) is 18.2 Å². The van der Waals surface area contributed by atoms with E-state index in [0.717, 1.165) is 18.4 Å². The van der Waals surface area contributed by atoms with Gasteiger partial charge in [-0.15, -0.1) is 0 Å². The predicted molar refractivity (Wildman–Crippen MR) is 98.6 cm³/mol. The second-order valence-corrected chi connectivity index (χ2v) is 6.11. The summed E-state index contributed by atoms with van der Waals surface area (Å²) in [5.74, 6) is 0.147. The molecule has 0 radical (unpaired) electrons. The van der Waals surface area contributed by atoms with E-state index in [-0.39, 0.29) is 23.7 Å². The molecule has 1 N–H and O–H groups in total. The van der Waals surface area contributed by atoms with Gasteiger partial charge in [0.1, 0.15) is 17.9 Å². The minimum Gasteiger partial charge on any atom is -0.504 e. The second-order valence-electron chi connectivity index (χ2n) is 6.11. The normalized spacial score (nSPS) is 11.4. The third kappa shape index (κ3) is 4.89. The monoisotopic (exact) mass is 344 g/mol. The summed E-state index contributed by atoms with van der Waals surface area (Å²) < 4.78 is 15.8. The molecule has 0 saturated carbocycles. The van der Waals surface area contributed by atoms with Crippen LogP contribution in [0.4, 0.5) is 0 Å². The van der Waals surface area contributed by atoms with Crippen molar-refractivity contribution in [3.05, 3.63) is 51.9 Å². The van der Waals surface area contributed by atoms with Crippen molar-refractivity contribution in [2.45, 2.75) is 33.6 Å². The van der Waals surface area contributed by atoms with E-state index in [2.05, 4.69) is 19.9 Å². The summed E-state index contributed by atoms with van der Waals surface area (Å²) in [5, 5.41) is 10.7. The fourth-order valence-electron chi connectivity index (χ4n) is 2.36. The Bertz CT molecular complexity index is 854. The molecule has 0 aliphatic rings. The van der Waals surface area contributed by atoms with Gasteiger partial charge in [0.15, 0.2) is 5.75 Å². The average molecular weight is 344 g/mol. The van der Waals surface area contributed by atoms with Crippen molar-refractivity contribution >= 4 is 11.0 Å². The zero-order valence-corrected chi connectivity index (χ0v) is 15.1. The van der Waals surface area contributed by atoms with Crippen LogP contribution >= 0.6 is 0 Å². The number of allylic oxidation sites excluding steroid dienone is 3. The molecule has 0 spiro atoms. The molecule has 5 nitrogen and oxygen atoms in total. The Labute approximate surface area is 147 Å². The minimum absolute atomic E-state index is 0.175. The lowest BCUT2D eigenvalue weighted by Gasteiger charge is -2.08. The Morgan fingerprint density at radius 1 is 1.24 bits per heavy atom. The number of methoxy groups -OCH3 is 1. The first-order chi connectivity index (χ1) is 11.9. The fraction of sp³-hybridized carbons (Fsp3) is 0.350. The Kier molecular flexibility index (Phi) is 6.28. The molecule has 0 fully saturated rings. The van der Waals surface area contributed by atoms with Gasteiger partial charge in [-0.3, -0.25) is 0 Å². The molecule has 134 valence electrons. The van der Waals surface area contributed by atoms with Crippen LogP contribution in [-0.2, 0) is 0 Å². The van der Waals surface area contributed by atoms with Gasteiger partial charge in [0.25, 0.3) is 0 Å². The van der Waals surface area contributed by atoms with E-state index in [0.29, 0.717) is 11.1 Å². The average Bonchev–Trinajstić information content (AvgIpc) is 2.56. The molecule has 0 aliphatic heterocycles. The highest BCUT2D eigenvalue weighted by Gasteiger charge is 2.15. The summed E-state index contributed by atoms with van der Waals surface area (Å²) in [7, 11) is 1.52. The zero-order valence-electron chi connectivity index (χ0n) is 15.1. The van der Waals surface area contributed by atoms with Gasteiger partial charge in [0.2, 0.25) is 5.75 Å². The van der Waals surface area contributed by atoms with Gasteiger partial charge in [0, 0.05) is 6.07 Å². The molecule has 5 heteroatoms. The van der Waals surface area contributed by atoms with E-state index in [4.69, 9.17) is 13.9 Å². The first kappa shape index (κ1) is 18.6. The standard InChI is InChI=1S/C20H24O5/c1-13(2)6-5-7-14(3)10-11-24-19-18(21)16-9-8-15(23-4)12-17(16)25-20(19)22/h6,8-10,12,21H,5,7,11H2,1-4H3. The topological polar surface area (TPSA) is 68.9 Å². The predicted octanol–water partition coefficient (Wildman–Crippen LogP) is 4.58. The molecule has 2 aromatic rings. The van der Waals surface area contributed by atoms with Crippen molar-refractivity contribution in [2.75, 3.05) is 13.7 Å². The highest BCUT2D eigenvalue weighted by molar-refractivity contribution is 5.86. The van der Waals surface area contributed by atoms with Gasteiger partial charge in [-0.1, -0.05) is 17.2 Å². The molecule has 0 unspecified atom stereocenters. The van der Waals surface area contributed by atoms with E-state index < -0.39 is 5.63 Å². The number of hydrogen-bond acceptors (Lipinski definition) is 5. The Morgan fingerprint density at radius 3 is 2.68 bits per heavy atom. The molecule has 0 atom stereocenters. The van der Waals surface area contributed by atoms with E-state index in [1.165, 1.54) is 12.7 Å². The maximum absolute atomic E-state index is 12.1. The van der Waals surface area contributed by atoms with E-state index in [1.807, 2.05) is 13.0 Å². The van der Waals surface area contributed by atoms with Gasteiger partial charge in [0.05, 0.1) is 12.5 Å². The smallest absolute Gasteiger partial charge is 0.383 e. The number of hydrogen-bond donors (Lipinski definition) is 1. The maximum Gasteiger partial charge on any atom is 0.383 e. The van der Waals surface area contributed by atoms with Crippen molar-refractivity contribution < 1.29 is 19.0 Å². The Hall–Kier alpha value is -2.69. The summed E-state index contributed by atoms with van der Waals surface area (Å²) in [5.41, 5.74) is 1.99. The van der Waals surface area contributed by atoms with Crippen LogP contribution in [0.25, 0.3) is 11.0 Å². The molecule has 1 heterocycles. The molecule has 0 aliphatic carbocycles. The largest absolute Gasteiger partial charge is 0.504 e. The van der Waals surface area contributed by atoms with Gasteiger partial charge in [-0.05, 0) is 51.8 Å². The van der Waals surface area contributed by atoms with Gasteiger partial charge < -0.3 is 19.0 Å². The molecule has 2 rings (SSSR count). The molecule has 0 amide bonds. The third-order valence-corrected chi connectivity index (χ3v) is 3.80. The second kappa shape index (κ2) is 8.42. The first-order valence-electron chi connectivity index (χ1n) is 8.18. The van der Waals surface area contributed by atoms with Crippen LogP contribution in [0.2, 0.25) is 0 Å². The summed E-state index contributed by atoms with van der Waals surface area (Å²) in [6.45, 7) is 6.34. The number of benzene rings is 1. The van der Waals surface area contributed by atoms with Crippen molar-refractivity contribution in [3.8, 4) is 17.2 Å². The quantitative estimate of drug-likeness (QED) is 0.588. The lowest BCUT2D eigenvalue weighted by Crippen LogP contribution is -2.07. The molecule has 0 saturated heterocycles. The fourth-order valence-corrected chi connectivity index (χ4v) is 2.36. The Balaban J connectivity index is 2.13. The van der Waals surface area contributed by atoms with E-state index >= 15 is 0 Å². The maximum atomic E-state index is 12.1. The number of fused-ring (bicyclic) bond motifs is 1. The van der Waals surface area contributed by atoms with Gasteiger partial charge >= 0.3 is 5.63 Å². The molecule has 0 bridgehead atoms. The van der Waals surface area contributed by atoms with Crippen LogP contribution in [0.15, 0.2) is 50.7 Å².